The molecular weight excluding hydrogens is 238 g/mol. The van der Waals surface area contributed by atoms with E-state index >= 15 is 0 Å². The number of rotatable bonds is 6. The molecule has 0 amide bonds. The van der Waals surface area contributed by atoms with Crippen molar-refractivity contribution in [2.45, 2.75) is 25.5 Å². The number of aryl methyl sites for hydroxylation is 1. The fourth-order valence-electron chi connectivity index (χ4n) is 1.30. The van der Waals surface area contributed by atoms with E-state index in [2.05, 4.69) is 15.3 Å². The van der Waals surface area contributed by atoms with Crippen LogP contribution in [0.4, 0.5) is 5.82 Å². The van der Waals surface area contributed by atoms with Gasteiger partial charge in [-0.1, -0.05) is 6.92 Å². The van der Waals surface area contributed by atoms with Gasteiger partial charge in [-0.2, -0.15) is 4.98 Å². The Morgan fingerprint density at radius 1 is 1.53 bits per heavy atom. The third kappa shape index (κ3) is 4.68. The molecule has 6 heteroatoms. The molecule has 0 radical (unpaired) electrons. The first-order valence-electron chi connectivity index (χ1n) is 5.48. The maximum absolute atomic E-state index is 11.2. The van der Waals surface area contributed by atoms with Gasteiger partial charge < -0.3 is 10.1 Å². The van der Waals surface area contributed by atoms with Gasteiger partial charge >= 0.3 is 0 Å². The van der Waals surface area contributed by atoms with E-state index in [-0.39, 0.29) is 5.25 Å². The van der Waals surface area contributed by atoms with Gasteiger partial charge in [0, 0.05) is 34.9 Å². The average Bonchev–Trinajstić information content (AvgIpc) is 2.27. The van der Waals surface area contributed by atoms with E-state index in [1.54, 1.807) is 19.4 Å². The molecule has 0 fully saturated rings. The van der Waals surface area contributed by atoms with E-state index < -0.39 is 10.8 Å². The zero-order chi connectivity index (χ0) is 12.8. The highest BCUT2D eigenvalue weighted by Gasteiger charge is 2.06. The second-order valence-electron chi connectivity index (χ2n) is 3.87. The molecule has 0 bridgehead atoms. The van der Waals surface area contributed by atoms with Crippen molar-refractivity contribution in [2.75, 3.05) is 25.2 Å². The molecule has 1 N–H and O–H groups in total. The Balaban J connectivity index is 2.51. The minimum atomic E-state index is -0.776. The fraction of sp³-hybridized carbons (Fsp3) is 0.636. The maximum Gasteiger partial charge on any atom is 0.218 e. The van der Waals surface area contributed by atoms with Crippen LogP contribution in [0.1, 0.15) is 19.2 Å². The average molecular weight is 257 g/mol. The molecule has 1 rings (SSSR count). The molecule has 96 valence electrons. The number of aromatic nitrogens is 2. The van der Waals surface area contributed by atoms with Gasteiger partial charge in [0.05, 0.1) is 7.11 Å². The number of methoxy groups -OCH3 is 1. The van der Waals surface area contributed by atoms with Crippen LogP contribution >= 0.6 is 0 Å². The highest BCUT2D eigenvalue weighted by molar-refractivity contribution is 7.84. The van der Waals surface area contributed by atoms with Crippen LogP contribution in [0.25, 0.3) is 0 Å². The molecule has 1 heterocycles. The summed E-state index contributed by atoms with van der Waals surface area (Å²) in [6.07, 6.45) is 2.57. The predicted octanol–water partition coefficient (Wildman–Crippen LogP) is 1.36. The van der Waals surface area contributed by atoms with Gasteiger partial charge in [0.25, 0.3) is 0 Å². The summed E-state index contributed by atoms with van der Waals surface area (Å²) in [6.45, 7) is 4.53. The van der Waals surface area contributed by atoms with Crippen molar-refractivity contribution in [3.05, 3.63) is 11.9 Å². The normalized spacial score (nSPS) is 14.1. The number of anilines is 1. The molecule has 1 aromatic heterocycles. The highest BCUT2D eigenvalue weighted by Crippen LogP contribution is 2.12. The lowest BCUT2D eigenvalue weighted by atomic mass is 10.3. The molecule has 0 saturated heterocycles. The Labute approximate surface area is 104 Å². The van der Waals surface area contributed by atoms with E-state index in [1.807, 2.05) is 13.8 Å². The smallest absolute Gasteiger partial charge is 0.218 e. The second-order valence-corrected chi connectivity index (χ2v) is 5.67. The molecular formula is C11H19N3O2S. The number of ether oxygens (including phenoxy) is 1. The summed E-state index contributed by atoms with van der Waals surface area (Å²) in [7, 11) is 0.801. The molecule has 1 aromatic rings. The molecule has 0 saturated carbocycles. The van der Waals surface area contributed by atoms with Gasteiger partial charge in [-0.05, 0) is 13.3 Å². The molecule has 0 spiro atoms. The Morgan fingerprint density at radius 3 is 2.82 bits per heavy atom. The first-order valence-corrected chi connectivity index (χ1v) is 7.11. The predicted molar refractivity (Wildman–Crippen MR) is 70.0 cm³/mol. The molecule has 0 aliphatic heterocycles. The lowest BCUT2D eigenvalue weighted by Crippen LogP contribution is -2.15. The fourth-order valence-corrected chi connectivity index (χ4v) is 1.75. The van der Waals surface area contributed by atoms with Gasteiger partial charge in [0.1, 0.15) is 11.6 Å². The summed E-state index contributed by atoms with van der Waals surface area (Å²) < 4.78 is 16.2. The molecule has 5 nitrogen and oxygen atoms in total. The second kappa shape index (κ2) is 6.54. The summed E-state index contributed by atoms with van der Waals surface area (Å²) in [5.74, 6) is 1.95. The third-order valence-electron chi connectivity index (χ3n) is 2.45. The first-order chi connectivity index (χ1) is 8.02. The molecule has 2 unspecified atom stereocenters. The Hall–Kier alpha value is -1.17. The van der Waals surface area contributed by atoms with Crippen molar-refractivity contribution >= 4 is 16.6 Å². The number of nitrogens with one attached hydrogen (secondary N) is 1. The van der Waals surface area contributed by atoms with E-state index in [0.717, 1.165) is 18.8 Å². The lowest BCUT2D eigenvalue weighted by molar-refractivity contribution is 0.396. The van der Waals surface area contributed by atoms with Crippen molar-refractivity contribution in [3.63, 3.8) is 0 Å². The van der Waals surface area contributed by atoms with Crippen molar-refractivity contribution < 1.29 is 8.95 Å². The van der Waals surface area contributed by atoms with Gasteiger partial charge in [0.15, 0.2) is 0 Å². The summed E-state index contributed by atoms with van der Waals surface area (Å²) in [6, 6.07) is 1.75. The standard InChI is InChI=1S/C11H19N3O2S/c1-8(17(4)15)5-6-12-10-7-11(16-3)14-9(2)13-10/h7-8H,5-6H2,1-4H3,(H,12,13,14). The molecule has 2 atom stereocenters. The molecule has 17 heavy (non-hydrogen) atoms. The van der Waals surface area contributed by atoms with E-state index in [1.165, 1.54) is 0 Å². The molecule has 0 aliphatic rings. The highest BCUT2D eigenvalue weighted by atomic mass is 32.2. The van der Waals surface area contributed by atoms with Crippen LogP contribution in [0, 0.1) is 6.92 Å². The zero-order valence-corrected chi connectivity index (χ0v) is 11.5. The third-order valence-corrected chi connectivity index (χ3v) is 3.82. The van der Waals surface area contributed by atoms with Crippen molar-refractivity contribution in [1.29, 1.82) is 0 Å². The van der Waals surface area contributed by atoms with Gasteiger partial charge in [0.2, 0.25) is 5.88 Å². The number of nitrogens with zero attached hydrogens (tertiary/aromatic N) is 2. The lowest BCUT2D eigenvalue weighted by Gasteiger charge is -2.10. The summed E-state index contributed by atoms with van der Waals surface area (Å²) in [5, 5.41) is 3.37. The van der Waals surface area contributed by atoms with E-state index in [4.69, 9.17) is 4.74 Å². The van der Waals surface area contributed by atoms with Gasteiger partial charge in [-0.25, -0.2) is 4.98 Å². The summed E-state index contributed by atoms with van der Waals surface area (Å²) >= 11 is 0. The van der Waals surface area contributed by atoms with Crippen LogP contribution in [-0.2, 0) is 10.8 Å². The molecule has 0 aliphatic carbocycles. The molecule has 0 aromatic carbocycles. The Kier molecular flexibility index (Phi) is 5.34. The van der Waals surface area contributed by atoms with E-state index in [9.17, 15) is 4.21 Å². The summed E-state index contributed by atoms with van der Waals surface area (Å²) in [5.41, 5.74) is 0. The zero-order valence-electron chi connectivity index (χ0n) is 10.7. The van der Waals surface area contributed by atoms with Crippen LogP contribution in [0.15, 0.2) is 6.07 Å². The topological polar surface area (TPSA) is 64.1 Å². The van der Waals surface area contributed by atoms with Crippen molar-refractivity contribution in [3.8, 4) is 5.88 Å². The van der Waals surface area contributed by atoms with Crippen LogP contribution in [0.3, 0.4) is 0 Å². The summed E-state index contributed by atoms with van der Waals surface area (Å²) in [4.78, 5) is 8.35. The van der Waals surface area contributed by atoms with Crippen LogP contribution in [0.2, 0.25) is 0 Å². The number of hydrogen-bond donors (Lipinski definition) is 1. The Morgan fingerprint density at radius 2 is 2.24 bits per heavy atom. The largest absolute Gasteiger partial charge is 0.481 e. The number of hydrogen-bond acceptors (Lipinski definition) is 5. The van der Waals surface area contributed by atoms with Crippen LogP contribution in [-0.4, -0.2) is 39.3 Å². The quantitative estimate of drug-likeness (QED) is 0.833. The minimum Gasteiger partial charge on any atom is -0.481 e. The minimum absolute atomic E-state index is 0.187. The van der Waals surface area contributed by atoms with Crippen molar-refractivity contribution in [1.82, 2.24) is 9.97 Å². The first kappa shape index (κ1) is 13.9. The SMILES string of the molecule is COc1cc(NCCC(C)S(C)=O)nc(C)n1. The Bertz CT molecular complexity index is 398. The van der Waals surface area contributed by atoms with E-state index in [0.29, 0.717) is 11.7 Å². The monoisotopic (exact) mass is 257 g/mol. The van der Waals surface area contributed by atoms with Crippen molar-refractivity contribution in [2.24, 2.45) is 0 Å². The van der Waals surface area contributed by atoms with Gasteiger partial charge in [-0.3, -0.25) is 4.21 Å². The maximum atomic E-state index is 11.2. The van der Waals surface area contributed by atoms with Gasteiger partial charge in [-0.15, -0.1) is 0 Å². The van der Waals surface area contributed by atoms with Crippen LogP contribution < -0.4 is 10.1 Å². The van der Waals surface area contributed by atoms with Crippen LogP contribution in [0.5, 0.6) is 5.88 Å².